The maximum atomic E-state index is 11.0. The Morgan fingerprint density at radius 2 is 2.06 bits per heavy atom. The molecule has 1 aromatic rings. The van der Waals surface area contributed by atoms with Crippen molar-refractivity contribution in [3.63, 3.8) is 0 Å². The second-order valence-corrected chi connectivity index (χ2v) is 4.49. The summed E-state index contributed by atoms with van der Waals surface area (Å²) in [6.07, 6.45) is -2.13. The van der Waals surface area contributed by atoms with Crippen LogP contribution in [0.1, 0.15) is 34.0 Å². The van der Waals surface area contributed by atoms with Gasteiger partial charge in [-0.3, -0.25) is 0 Å². The molecule has 1 rings (SSSR count). The van der Waals surface area contributed by atoms with Crippen molar-refractivity contribution in [3.05, 3.63) is 28.8 Å². The van der Waals surface area contributed by atoms with E-state index in [-0.39, 0.29) is 29.1 Å². The topological polar surface area (TPSA) is 104 Å². The second kappa shape index (κ2) is 6.04. The van der Waals surface area contributed by atoms with Crippen molar-refractivity contribution in [1.29, 1.82) is 0 Å². The van der Waals surface area contributed by atoms with Gasteiger partial charge in [0.15, 0.2) is 0 Å². The van der Waals surface area contributed by atoms with Crippen molar-refractivity contribution in [3.8, 4) is 0 Å². The van der Waals surface area contributed by atoms with Crippen molar-refractivity contribution in [1.82, 2.24) is 0 Å². The lowest BCUT2D eigenvalue weighted by atomic mass is 9.96. The molecule has 5 nitrogen and oxygen atoms in total. The van der Waals surface area contributed by atoms with Crippen molar-refractivity contribution in [2.45, 2.75) is 25.6 Å². The molecule has 0 spiro atoms. The van der Waals surface area contributed by atoms with E-state index in [1.54, 1.807) is 13.0 Å². The number of aliphatic hydroxyl groups is 2. The van der Waals surface area contributed by atoms with Crippen LogP contribution in [-0.2, 0) is 0 Å². The second-order valence-electron chi connectivity index (χ2n) is 4.11. The summed E-state index contributed by atoms with van der Waals surface area (Å²) in [5, 5.41) is 28.6. The molecule has 6 heteroatoms. The van der Waals surface area contributed by atoms with Crippen LogP contribution in [0.15, 0.2) is 12.1 Å². The Morgan fingerprint density at radius 3 is 2.56 bits per heavy atom. The number of hydrogen-bond acceptors (Lipinski definition) is 4. The van der Waals surface area contributed by atoms with Crippen LogP contribution in [0.4, 0.5) is 5.69 Å². The minimum atomic E-state index is -1.25. The van der Waals surface area contributed by atoms with Gasteiger partial charge in [-0.25, -0.2) is 4.79 Å². The highest BCUT2D eigenvalue weighted by molar-refractivity contribution is 6.17. The average Bonchev–Trinajstić information content (AvgIpc) is 2.30. The predicted molar refractivity (Wildman–Crippen MR) is 68.9 cm³/mol. The highest BCUT2D eigenvalue weighted by Crippen LogP contribution is 2.29. The summed E-state index contributed by atoms with van der Waals surface area (Å²) in [7, 11) is 0. The van der Waals surface area contributed by atoms with Gasteiger partial charge < -0.3 is 21.1 Å². The van der Waals surface area contributed by atoms with E-state index in [0.717, 1.165) is 0 Å². The summed E-state index contributed by atoms with van der Waals surface area (Å²) in [5.41, 5.74) is 6.45. The smallest absolute Gasteiger partial charge is 0.337 e. The van der Waals surface area contributed by atoms with Gasteiger partial charge in [0.1, 0.15) is 6.10 Å². The molecule has 2 atom stereocenters. The molecule has 0 saturated carbocycles. The van der Waals surface area contributed by atoms with Crippen molar-refractivity contribution >= 4 is 23.3 Å². The third kappa shape index (κ3) is 3.13. The first-order valence-corrected chi connectivity index (χ1v) is 5.97. The first-order valence-electron chi connectivity index (χ1n) is 5.44. The van der Waals surface area contributed by atoms with Gasteiger partial charge in [0, 0.05) is 11.4 Å². The van der Waals surface area contributed by atoms with E-state index < -0.39 is 18.2 Å². The number of carboxylic acid groups (broad SMARTS) is 1. The number of nitrogens with two attached hydrogens (primary N) is 1. The Balaban J connectivity index is 3.19. The van der Waals surface area contributed by atoms with E-state index in [2.05, 4.69) is 0 Å². The fourth-order valence-corrected chi connectivity index (χ4v) is 1.95. The zero-order valence-corrected chi connectivity index (χ0v) is 10.7. The van der Waals surface area contributed by atoms with Crippen LogP contribution in [0, 0.1) is 6.92 Å². The van der Waals surface area contributed by atoms with Crippen LogP contribution in [0.5, 0.6) is 0 Å². The number of hydrogen-bond donors (Lipinski definition) is 4. The molecule has 0 aromatic heterocycles. The van der Waals surface area contributed by atoms with Gasteiger partial charge >= 0.3 is 5.97 Å². The molecule has 0 amide bonds. The molecular formula is C12H16ClNO4. The molecule has 5 N–H and O–H groups in total. The van der Waals surface area contributed by atoms with Gasteiger partial charge in [-0.2, -0.15) is 0 Å². The van der Waals surface area contributed by atoms with Crippen LogP contribution in [0.3, 0.4) is 0 Å². The molecule has 0 aliphatic carbocycles. The summed E-state index contributed by atoms with van der Waals surface area (Å²) < 4.78 is 0. The maximum Gasteiger partial charge on any atom is 0.337 e. The number of nitrogen functional groups attached to an aromatic ring is 1. The molecule has 1 aromatic carbocycles. The van der Waals surface area contributed by atoms with Crippen molar-refractivity contribution < 1.29 is 20.1 Å². The molecular weight excluding hydrogens is 258 g/mol. The maximum absolute atomic E-state index is 11.0. The van der Waals surface area contributed by atoms with Gasteiger partial charge in [-0.15, -0.1) is 11.6 Å². The number of aromatic carboxylic acids is 1. The van der Waals surface area contributed by atoms with E-state index in [1.165, 1.54) is 6.07 Å². The molecule has 0 heterocycles. The van der Waals surface area contributed by atoms with Crippen LogP contribution in [-0.4, -0.2) is 33.3 Å². The first kappa shape index (κ1) is 14.8. The Labute approximate surface area is 110 Å². The molecule has 18 heavy (non-hydrogen) atoms. The van der Waals surface area contributed by atoms with E-state index in [1.807, 2.05) is 0 Å². The summed E-state index contributed by atoms with van der Waals surface area (Å²) in [4.78, 5) is 11.0. The normalized spacial score (nSPS) is 14.2. The standard InChI is InChI=1S/C12H16ClNO4/c1-6-4-7(11(16)9(15)2-3-13)10(14)8(5-6)12(17)18/h4-5,9,11,15-16H,2-3,14H2,1H3,(H,17,18). The summed E-state index contributed by atoms with van der Waals surface area (Å²) in [5.74, 6) is -0.980. The summed E-state index contributed by atoms with van der Waals surface area (Å²) >= 11 is 5.48. The highest BCUT2D eigenvalue weighted by Gasteiger charge is 2.23. The van der Waals surface area contributed by atoms with Crippen molar-refractivity contribution in [2.24, 2.45) is 0 Å². The molecule has 2 unspecified atom stereocenters. The average molecular weight is 274 g/mol. The molecule has 0 radical (unpaired) electrons. The number of anilines is 1. The van der Waals surface area contributed by atoms with Gasteiger partial charge in [0.2, 0.25) is 0 Å². The van der Waals surface area contributed by atoms with Gasteiger partial charge in [0.05, 0.1) is 17.4 Å². The summed E-state index contributed by atoms with van der Waals surface area (Å²) in [6.45, 7) is 1.69. The summed E-state index contributed by atoms with van der Waals surface area (Å²) in [6, 6.07) is 2.98. The third-order valence-electron chi connectivity index (χ3n) is 2.67. The SMILES string of the molecule is Cc1cc(C(=O)O)c(N)c(C(O)C(O)CCCl)c1. The Bertz CT molecular complexity index is 450. The molecule has 0 bridgehead atoms. The number of aliphatic hydroxyl groups excluding tert-OH is 2. The quantitative estimate of drug-likeness (QED) is 0.478. The fourth-order valence-electron chi connectivity index (χ4n) is 1.72. The number of alkyl halides is 1. The zero-order chi connectivity index (χ0) is 13.9. The largest absolute Gasteiger partial charge is 0.478 e. The third-order valence-corrected chi connectivity index (χ3v) is 2.89. The van der Waals surface area contributed by atoms with Crippen LogP contribution < -0.4 is 5.73 Å². The van der Waals surface area contributed by atoms with E-state index >= 15 is 0 Å². The fraction of sp³-hybridized carbons (Fsp3) is 0.417. The van der Waals surface area contributed by atoms with E-state index in [9.17, 15) is 15.0 Å². The van der Waals surface area contributed by atoms with Crippen molar-refractivity contribution in [2.75, 3.05) is 11.6 Å². The van der Waals surface area contributed by atoms with Crippen LogP contribution in [0.25, 0.3) is 0 Å². The molecule has 0 aliphatic heterocycles. The molecule has 0 aliphatic rings. The Morgan fingerprint density at radius 1 is 1.44 bits per heavy atom. The van der Waals surface area contributed by atoms with Gasteiger partial charge in [0.25, 0.3) is 0 Å². The van der Waals surface area contributed by atoms with Crippen LogP contribution >= 0.6 is 11.6 Å². The van der Waals surface area contributed by atoms with E-state index in [4.69, 9.17) is 22.4 Å². The monoisotopic (exact) mass is 273 g/mol. The van der Waals surface area contributed by atoms with Crippen LogP contribution in [0.2, 0.25) is 0 Å². The number of benzene rings is 1. The van der Waals surface area contributed by atoms with E-state index in [0.29, 0.717) is 5.56 Å². The Hall–Kier alpha value is -1.30. The number of carbonyl (C=O) groups is 1. The predicted octanol–water partition coefficient (Wildman–Crippen LogP) is 1.30. The lowest BCUT2D eigenvalue weighted by Crippen LogP contribution is -2.21. The minimum Gasteiger partial charge on any atom is -0.478 e. The highest BCUT2D eigenvalue weighted by atomic mass is 35.5. The molecule has 100 valence electrons. The number of aryl methyl sites for hydroxylation is 1. The zero-order valence-electron chi connectivity index (χ0n) is 9.93. The van der Waals surface area contributed by atoms with Gasteiger partial charge in [-0.1, -0.05) is 6.07 Å². The lowest BCUT2D eigenvalue weighted by molar-refractivity contribution is 0.0173. The number of carboxylic acids is 1. The molecule has 0 saturated heterocycles. The van der Waals surface area contributed by atoms with Gasteiger partial charge in [-0.05, 0) is 25.0 Å². The minimum absolute atomic E-state index is 0.0331. The Kier molecular flexibility index (Phi) is 4.95. The molecule has 0 fully saturated rings. The first-order chi connectivity index (χ1) is 8.38. The number of halogens is 1. The lowest BCUT2D eigenvalue weighted by Gasteiger charge is -2.20. The number of rotatable bonds is 5.